The van der Waals surface area contributed by atoms with E-state index in [0.717, 1.165) is 12.1 Å². The van der Waals surface area contributed by atoms with E-state index in [-0.39, 0.29) is 0 Å². The lowest BCUT2D eigenvalue weighted by atomic mass is 9.66. The summed E-state index contributed by atoms with van der Waals surface area (Å²) in [6, 6.07) is 10.7. The van der Waals surface area contributed by atoms with Gasteiger partial charge in [-0.2, -0.15) is 0 Å². The smallest absolute Gasteiger partial charge is 0.0276 e. The fraction of sp³-hybridized carbons (Fsp3) is 0.333. The van der Waals surface area contributed by atoms with Crippen molar-refractivity contribution in [3.8, 4) is 0 Å². The van der Waals surface area contributed by atoms with Crippen LogP contribution in [-0.2, 0) is 6.42 Å². The van der Waals surface area contributed by atoms with Crippen molar-refractivity contribution >= 4 is 0 Å². The van der Waals surface area contributed by atoms with E-state index in [1.165, 1.54) is 24.0 Å². The largest absolute Gasteiger partial charge is 0.399 e. The third kappa shape index (κ3) is 3.37. The molecule has 0 aromatic heterocycles. The van der Waals surface area contributed by atoms with E-state index in [1.54, 1.807) is 0 Å². The number of hydrogen-bond donors (Lipinski definition) is 1. The van der Waals surface area contributed by atoms with Gasteiger partial charge in [-0.05, 0) is 49.2 Å². The summed E-state index contributed by atoms with van der Waals surface area (Å²) >= 11 is 0. The van der Waals surface area contributed by atoms with E-state index in [1.807, 2.05) is 13.0 Å². The van der Waals surface area contributed by atoms with E-state index in [9.17, 15) is 0 Å². The van der Waals surface area contributed by atoms with Crippen molar-refractivity contribution in [2.75, 3.05) is 0 Å². The molecule has 1 heteroatoms. The first-order chi connectivity index (χ1) is 9.22. The summed E-state index contributed by atoms with van der Waals surface area (Å²) in [7, 11) is 0. The summed E-state index contributed by atoms with van der Waals surface area (Å²) in [6.45, 7) is 5.95. The number of rotatable bonds is 5. The standard InChI is InChI=1S/C18H23N/c1-3-4-10-17(14(2)19)18-12-11-16(18)13-15-8-6-5-7-9-15/h3-10,16,18H,2,11-13,19H2,1H3/b4-3-,17-10+/t16-,18?/m0/s1. The number of allylic oxidation sites excluding steroid dienone is 4. The zero-order valence-electron chi connectivity index (χ0n) is 11.7. The molecule has 0 spiro atoms. The fourth-order valence-corrected chi connectivity index (χ4v) is 2.81. The van der Waals surface area contributed by atoms with Gasteiger partial charge >= 0.3 is 0 Å². The van der Waals surface area contributed by atoms with E-state index >= 15 is 0 Å². The molecule has 0 aliphatic heterocycles. The normalized spacial score (nSPS) is 23.3. The van der Waals surface area contributed by atoms with Crippen LogP contribution in [0.1, 0.15) is 25.3 Å². The maximum Gasteiger partial charge on any atom is 0.0276 e. The zero-order chi connectivity index (χ0) is 13.7. The maximum absolute atomic E-state index is 5.95. The van der Waals surface area contributed by atoms with Crippen LogP contribution in [0.2, 0.25) is 0 Å². The molecule has 1 aromatic rings. The molecule has 0 bridgehead atoms. The predicted octanol–water partition coefficient (Wildman–Crippen LogP) is 4.23. The van der Waals surface area contributed by atoms with Crippen LogP contribution < -0.4 is 5.73 Å². The molecule has 100 valence electrons. The molecular formula is C18H23N. The first-order valence-electron chi connectivity index (χ1n) is 7.04. The van der Waals surface area contributed by atoms with Crippen LogP contribution in [0.25, 0.3) is 0 Å². The molecule has 0 radical (unpaired) electrons. The Morgan fingerprint density at radius 2 is 2.05 bits per heavy atom. The molecule has 19 heavy (non-hydrogen) atoms. The number of benzene rings is 1. The average Bonchev–Trinajstić information content (AvgIpc) is 2.40. The minimum absolute atomic E-state index is 0.578. The van der Waals surface area contributed by atoms with Gasteiger partial charge in [0.05, 0.1) is 0 Å². The van der Waals surface area contributed by atoms with Gasteiger partial charge in [0.15, 0.2) is 0 Å². The molecule has 1 aliphatic rings. The third-order valence-electron chi connectivity index (χ3n) is 4.00. The topological polar surface area (TPSA) is 26.0 Å². The Bertz CT molecular complexity index is 482. The molecule has 1 nitrogen and oxygen atoms in total. The van der Waals surface area contributed by atoms with E-state index < -0.39 is 0 Å². The second-order valence-electron chi connectivity index (χ2n) is 5.31. The van der Waals surface area contributed by atoms with Crippen LogP contribution in [0.15, 0.2) is 66.4 Å². The molecule has 2 atom stereocenters. The molecule has 1 saturated carbocycles. The molecule has 0 heterocycles. The Morgan fingerprint density at radius 3 is 2.58 bits per heavy atom. The van der Waals surface area contributed by atoms with Gasteiger partial charge in [0.1, 0.15) is 0 Å². The first-order valence-corrected chi connectivity index (χ1v) is 7.04. The van der Waals surface area contributed by atoms with Gasteiger partial charge < -0.3 is 5.73 Å². The lowest BCUT2D eigenvalue weighted by Crippen LogP contribution is -2.31. The van der Waals surface area contributed by atoms with Gasteiger partial charge in [-0.3, -0.25) is 0 Å². The van der Waals surface area contributed by atoms with Gasteiger partial charge in [0.25, 0.3) is 0 Å². The zero-order valence-corrected chi connectivity index (χ0v) is 11.7. The molecule has 0 saturated heterocycles. The predicted molar refractivity (Wildman–Crippen MR) is 82.6 cm³/mol. The first kappa shape index (κ1) is 13.7. The Hall–Kier alpha value is -1.76. The molecule has 1 fully saturated rings. The van der Waals surface area contributed by atoms with Crippen molar-refractivity contribution in [1.29, 1.82) is 0 Å². The molecule has 1 unspecified atom stereocenters. The molecular weight excluding hydrogens is 230 g/mol. The third-order valence-corrected chi connectivity index (χ3v) is 4.00. The van der Waals surface area contributed by atoms with Crippen LogP contribution in [-0.4, -0.2) is 0 Å². The second-order valence-corrected chi connectivity index (χ2v) is 5.31. The Labute approximate surface area is 116 Å². The Kier molecular flexibility index (Phi) is 4.62. The van der Waals surface area contributed by atoms with E-state index in [0.29, 0.717) is 11.8 Å². The fourth-order valence-electron chi connectivity index (χ4n) is 2.81. The SMILES string of the molecule is C=C(N)/C(=C\C=C/C)C1CC[C@H]1Cc1ccccc1. The Morgan fingerprint density at radius 1 is 1.32 bits per heavy atom. The number of nitrogens with two attached hydrogens (primary N) is 1. The van der Waals surface area contributed by atoms with E-state index in [2.05, 4.69) is 49.1 Å². The molecule has 1 aliphatic carbocycles. The summed E-state index contributed by atoms with van der Waals surface area (Å²) in [5.41, 5.74) is 9.32. The van der Waals surface area contributed by atoms with Crippen LogP contribution in [0.4, 0.5) is 0 Å². The Balaban J connectivity index is 2.07. The number of hydrogen-bond acceptors (Lipinski definition) is 1. The highest BCUT2D eigenvalue weighted by molar-refractivity contribution is 5.34. The van der Waals surface area contributed by atoms with Crippen molar-refractivity contribution < 1.29 is 0 Å². The van der Waals surface area contributed by atoms with Gasteiger partial charge in [0.2, 0.25) is 0 Å². The van der Waals surface area contributed by atoms with Gasteiger partial charge in [-0.1, -0.05) is 55.1 Å². The second kappa shape index (κ2) is 6.42. The van der Waals surface area contributed by atoms with Crippen molar-refractivity contribution in [1.82, 2.24) is 0 Å². The molecule has 2 N–H and O–H groups in total. The van der Waals surface area contributed by atoms with Crippen LogP contribution in [0, 0.1) is 11.8 Å². The van der Waals surface area contributed by atoms with Crippen LogP contribution in [0.5, 0.6) is 0 Å². The van der Waals surface area contributed by atoms with Crippen molar-refractivity contribution in [3.05, 3.63) is 72.0 Å². The van der Waals surface area contributed by atoms with Gasteiger partial charge in [0, 0.05) is 5.70 Å². The van der Waals surface area contributed by atoms with E-state index in [4.69, 9.17) is 5.73 Å². The highest BCUT2D eigenvalue weighted by Crippen LogP contribution is 2.42. The van der Waals surface area contributed by atoms with Crippen molar-refractivity contribution in [2.24, 2.45) is 17.6 Å². The summed E-state index contributed by atoms with van der Waals surface area (Å²) in [5.74, 6) is 1.29. The summed E-state index contributed by atoms with van der Waals surface area (Å²) in [5, 5.41) is 0. The highest BCUT2D eigenvalue weighted by Gasteiger charge is 2.33. The van der Waals surface area contributed by atoms with Crippen molar-refractivity contribution in [2.45, 2.75) is 26.2 Å². The van der Waals surface area contributed by atoms with Crippen LogP contribution >= 0.6 is 0 Å². The summed E-state index contributed by atoms with van der Waals surface area (Å²) in [6.07, 6.45) is 9.90. The lowest BCUT2D eigenvalue weighted by molar-refractivity contribution is 0.215. The molecule has 0 amide bonds. The highest BCUT2D eigenvalue weighted by atomic mass is 14.6. The quantitative estimate of drug-likeness (QED) is 0.781. The van der Waals surface area contributed by atoms with Crippen molar-refractivity contribution in [3.63, 3.8) is 0 Å². The van der Waals surface area contributed by atoms with Crippen LogP contribution in [0.3, 0.4) is 0 Å². The lowest BCUT2D eigenvalue weighted by Gasteiger charge is -2.38. The summed E-state index contributed by atoms with van der Waals surface area (Å²) in [4.78, 5) is 0. The minimum Gasteiger partial charge on any atom is -0.399 e. The van der Waals surface area contributed by atoms with Gasteiger partial charge in [-0.15, -0.1) is 0 Å². The molecule has 2 rings (SSSR count). The molecule has 1 aromatic carbocycles. The van der Waals surface area contributed by atoms with Gasteiger partial charge in [-0.25, -0.2) is 0 Å². The maximum atomic E-state index is 5.95. The monoisotopic (exact) mass is 253 g/mol. The summed E-state index contributed by atoms with van der Waals surface area (Å²) < 4.78 is 0. The average molecular weight is 253 g/mol. The minimum atomic E-state index is 0.578.